The van der Waals surface area contributed by atoms with E-state index in [-0.39, 0.29) is 0 Å². The summed E-state index contributed by atoms with van der Waals surface area (Å²) in [5.74, 6) is 0. The fourth-order valence-electron chi connectivity index (χ4n) is 1.30. The van der Waals surface area contributed by atoms with Crippen molar-refractivity contribution >= 4 is 0 Å². The van der Waals surface area contributed by atoms with E-state index in [1.54, 1.807) is 6.08 Å². The van der Waals surface area contributed by atoms with Gasteiger partial charge in [-0.25, -0.2) is 0 Å². The predicted octanol–water partition coefficient (Wildman–Crippen LogP) is 6.73. The zero-order valence-electron chi connectivity index (χ0n) is 13.7. The van der Waals surface area contributed by atoms with Gasteiger partial charge in [0.15, 0.2) is 0 Å². The van der Waals surface area contributed by atoms with Crippen LogP contribution in [0.4, 0.5) is 0 Å². The van der Waals surface area contributed by atoms with Gasteiger partial charge in [-0.1, -0.05) is 93.3 Å². The van der Waals surface area contributed by atoms with Crippen LogP contribution in [0.1, 0.15) is 40.5 Å². The van der Waals surface area contributed by atoms with Crippen LogP contribution in [-0.4, -0.2) is 0 Å². The molecule has 0 saturated heterocycles. The average Bonchev–Trinajstić information content (AvgIpc) is 2.44. The first-order valence-electron chi connectivity index (χ1n) is 7.20. The van der Waals surface area contributed by atoms with Crippen LogP contribution in [0.5, 0.6) is 0 Å². The zero-order valence-corrected chi connectivity index (χ0v) is 13.7. The number of rotatable bonds is 8. The molecule has 0 unspecified atom stereocenters. The van der Waals surface area contributed by atoms with E-state index in [0.717, 1.165) is 18.4 Å². The Kier molecular flexibility index (Phi) is 15.6. The first-order valence-corrected chi connectivity index (χ1v) is 7.20. The van der Waals surface area contributed by atoms with Crippen LogP contribution in [0, 0.1) is 0 Å². The number of hydrogen-bond donors (Lipinski definition) is 0. The van der Waals surface area contributed by atoms with Gasteiger partial charge in [0.05, 0.1) is 0 Å². The van der Waals surface area contributed by atoms with Gasteiger partial charge in [0.2, 0.25) is 0 Å². The molecule has 0 aliphatic heterocycles. The zero-order chi connectivity index (χ0) is 15.8. The summed E-state index contributed by atoms with van der Waals surface area (Å²) in [7, 11) is 0. The van der Waals surface area contributed by atoms with Crippen molar-refractivity contribution in [1.29, 1.82) is 0 Å². The second-order valence-electron chi connectivity index (χ2n) is 4.33. The molecule has 0 rings (SSSR count). The van der Waals surface area contributed by atoms with Crippen LogP contribution in [0.3, 0.4) is 0 Å². The summed E-state index contributed by atoms with van der Waals surface area (Å²) in [6.45, 7) is 19.7. The average molecular weight is 270 g/mol. The summed E-state index contributed by atoms with van der Waals surface area (Å²) in [5.41, 5.74) is 3.61. The van der Waals surface area contributed by atoms with Crippen molar-refractivity contribution < 1.29 is 0 Å². The maximum atomic E-state index is 4.03. The fraction of sp³-hybridized carbons (Fsp3) is 0.300. The van der Waals surface area contributed by atoms with E-state index >= 15 is 0 Å². The topological polar surface area (TPSA) is 0 Å². The maximum Gasteiger partial charge on any atom is -0.0239 e. The van der Waals surface area contributed by atoms with Crippen LogP contribution in [0.15, 0.2) is 85.1 Å². The van der Waals surface area contributed by atoms with Crippen molar-refractivity contribution in [2.45, 2.75) is 40.5 Å². The fourth-order valence-corrected chi connectivity index (χ4v) is 1.30. The SMILES string of the molecule is C=C/C=C(\C=C)CCC(=C)/C=C\C=C/C=C(C)C.CC. The van der Waals surface area contributed by atoms with Gasteiger partial charge >= 0.3 is 0 Å². The van der Waals surface area contributed by atoms with Crippen LogP contribution in [0.2, 0.25) is 0 Å². The minimum atomic E-state index is 0.943. The highest BCUT2D eigenvalue weighted by Gasteiger charge is 1.92. The molecule has 0 heteroatoms. The molecule has 20 heavy (non-hydrogen) atoms. The Morgan fingerprint density at radius 3 is 2.05 bits per heavy atom. The molecule has 110 valence electrons. The van der Waals surface area contributed by atoms with E-state index in [1.807, 2.05) is 50.3 Å². The lowest BCUT2D eigenvalue weighted by Crippen LogP contribution is -1.81. The predicted molar refractivity (Wildman–Crippen MR) is 95.9 cm³/mol. The van der Waals surface area contributed by atoms with Crippen molar-refractivity contribution in [2.24, 2.45) is 0 Å². The second kappa shape index (κ2) is 15.2. The van der Waals surface area contributed by atoms with Crippen molar-refractivity contribution in [3.63, 3.8) is 0 Å². The quantitative estimate of drug-likeness (QED) is 0.429. The molecular weight excluding hydrogens is 240 g/mol. The molecule has 0 aromatic carbocycles. The lowest BCUT2D eigenvalue weighted by Gasteiger charge is -2.00. The van der Waals surface area contributed by atoms with E-state index in [9.17, 15) is 0 Å². The molecule has 0 N–H and O–H groups in total. The van der Waals surface area contributed by atoms with E-state index in [0.29, 0.717) is 0 Å². The molecule has 0 radical (unpaired) electrons. The molecule has 0 spiro atoms. The van der Waals surface area contributed by atoms with Crippen molar-refractivity contribution in [3.05, 3.63) is 85.1 Å². The third-order valence-corrected chi connectivity index (χ3v) is 2.31. The van der Waals surface area contributed by atoms with Crippen LogP contribution in [-0.2, 0) is 0 Å². The van der Waals surface area contributed by atoms with Gasteiger partial charge in [0.25, 0.3) is 0 Å². The third kappa shape index (κ3) is 14.2. The number of hydrogen-bond acceptors (Lipinski definition) is 0. The number of allylic oxidation sites excluding steroid dienone is 11. The van der Waals surface area contributed by atoms with Gasteiger partial charge < -0.3 is 0 Å². The van der Waals surface area contributed by atoms with Crippen molar-refractivity contribution in [1.82, 2.24) is 0 Å². The van der Waals surface area contributed by atoms with Crippen LogP contribution < -0.4 is 0 Å². The maximum absolute atomic E-state index is 4.03. The highest BCUT2D eigenvalue weighted by atomic mass is 14.0. The van der Waals surface area contributed by atoms with Gasteiger partial charge in [-0.05, 0) is 32.3 Å². The molecule has 0 bridgehead atoms. The monoisotopic (exact) mass is 270 g/mol. The van der Waals surface area contributed by atoms with E-state index in [2.05, 4.69) is 39.7 Å². The lowest BCUT2D eigenvalue weighted by molar-refractivity contribution is 0.975. The van der Waals surface area contributed by atoms with Gasteiger partial charge in [-0.15, -0.1) is 0 Å². The summed E-state index contributed by atoms with van der Waals surface area (Å²) in [6, 6.07) is 0. The third-order valence-electron chi connectivity index (χ3n) is 2.31. The van der Waals surface area contributed by atoms with Crippen molar-refractivity contribution in [2.75, 3.05) is 0 Å². The first-order chi connectivity index (χ1) is 9.60. The Hall–Kier alpha value is -1.82. The minimum Gasteiger partial charge on any atom is -0.0991 e. The van der Waals surface area contributed by atoms with Gasteiger partial charge in [0.1, 0.15) is 0 Å². The van der Waals surface area contributed by atoms with Crippen molar-refractivity contribution in [3.8, 4) is 0 Å². The summed E-state index contributed by atoms with van der Waals surface area (Å²) >= 11 is 0. The summed E-state index contributed by atoms with van der Waals surface area (Å²) < 4.78 is 0. The largest absolute Gasteiger partial charge is 0.0991 e. The molecule has 0 nitrogen and oxygen atoms in total. The molecule has 0 aromatic heterocycles. The molecule has 0 fully saturated rings. The lowest BCUT2D eigenvalue weighted by atomic mass is 10.1. The van der Waals surface area contributed by atoms with E-state index < -0.39 is 0 Å². The molecule has 0 heterocycles. The second-order valence-corrected chi connectivity index (χ2v) is 4.33. The van der Waals surface area contributed by atoms with Gasteiger partial charge in [-0.3, -0.25) is 0 Å². The van der Waals surface area contributed by atoms with Gasteiger partial charge in [-0.2, -0.15) is 0 Å². The van der Waals surface area contributed by atoms with E-state index in [4.69, 9.17) is 0 Å². The van der Waals surface area contributed by atoms with Crippen LogP contribution >= 0.6 is 0 Å². The smallest absolute Gasteiger partial charge is 0.0239 e. The molecule has 0 aromatic rings. The van der Waals surface area contributed by atoms with E-state index in [1.165, 1.54) is 11.1 Å². The molecule has 0 atom stereocenters. The summed E-state index contributed by atoms with van der Waals surface area (Å²) in [5, 5.41) is 0. The Morgan fingerprint density at radius 1 is 0.900 bits per heavy atom. The summed E-state index contributed by atoms with van der Waals surface area (Å²) in [4.78, 5) is 0. The highest BCUT2D eigenvalue weighted by Crippen LogP contribution is 2.12. The molecular formula is C20H30. The first kappa shape index (κ1) is 20.5. The molecule has 0 saturated carbocycles. The Balaban J connectivity index is 0. The molecule has 0 aliphatic rings. The normalized spacial score (nSPS) is 10.9. The summed E-state index contributed by atoms with van der Waals surface area (Å²) in [6.07, 6.45) is 17.7. The minimum absolute atomic E-state index is 0.943. The Bertz CT molecular complexity index is 394. The standard InChI is InChI=1S/C18H24.C2H6/c1-6-11-18(7-2)15-14-17(5)13-10-8-9-12-16(3)4;1-2/h6-13H,1-2,5,14-15H2,3-4H3;1-2H3/b9-8-,13-10-,18-11+;. The Labute approximate surface area is 126 Å². The molecule has 0 aliphatic carbocycles. The Morgan fingerprint density at radius 2 is 1.55 bits per heavy atom. The van der Waals surface area contributed by atoms with Gasteiger partial charge in [0, 0.05) is 0 Å². The highest BCUT2D eigenvalue weighted by molar-refractivity contribution is 5.26. The molecule has 0 amide bonds. The van der Waals surface area contributed by atoms with Crippen LogP contribution in [0.25, 0.3) is 0 Å².